The van der Waals surface area contributed by atoms with Crippen LogP contribution in [0.4, 0.5) is 0 Å². The highest BCUT2D eigenvalue weighted by molar-refractivity contribution is 7.99. The lowest BCUT2D eigenvalue weighted by molar-refractivity contribution is 0.0608. The third-order valence-electron chi connectivity index (χ3n) is 2.65. The fraction of sp³-hybridized carbons (Fsp3) is 0.538. The van der Waals surface area contributed by atoms with Crippen LogP contribution in [0.3, 0.4) is 0 Å². The van der Waals surface area contributed by atoms with Gasteiger partial charge in [0, 0.05) is 22.6 Å². The highest BCUT2D eigenvalue weighted by Crippen LogP contribution is 2.27. The summed E-state index contributed by atoms with van der Waals surface area (Å²) in [6.07, 6.45) is 0.693. The molecule has 1 aromatic carbocycles. The van der Waals surface area contributed by atoms with Gasteiger partial charge < -0.3 is 10.8 Å². The number of hydrogen-bond donors (Lipinski definition) is 2. The van der Waals surface area contributed by atoms with Gasteiger partial charge in [-0.1, -0.05) is 36.7 Å². The van der Waals surface area contributed by atoms with Gasteiger partial charge >= 0.3 is 0 Å². The molecule has 1 rings (SSSR count). The summed E-state index contributed by atoms with van der Waals surface area (Å²) in [7, 11) is 0. The smallest absolute Gasteiger partial charge is 0.0751 e. The fourth-order valence-electron chi connectivity index (χ4n) is 1.61. The highest BCUT2D eigenvalue weighted by atomic mass is 35.5. The number of aliphatic hydroxyl groups is 1. The number of halogens is 1. The number of hydrogen-bond acceptors (Lipinski definition) is 3. The van der Waals surface area contributed by atoms with Crippen LogP contribution in [0.5, 0.6) is 0 Å². The molecule has 0 bridgehead atoms. The highest BCUT2D eigenvalue weighted by Gasteiger charge is 2.21. The van der Waals surface area contributed by atoms with Gasteiger partial charge in [0.2, 0.25) is 0 Å². The maximum Gasteiger partial charge on any atom is 0.0751 e. The van der Waals surface area contributed by atoms with Crippen LogP contribution in [0.1, 0.15) is 25.8 Å². The summed E-state index contributed by atoms with van der Waals surface area (Å²) < 4.78 is 0. The lowest BCUT2D eigenvalue weighted by atomic mass is 10.0. The first-order chi connectivity index (χ1) is 7.94. The minimum Gasteiger partial charge on any atom is -0.389 e. The number of nitrogens with two attached hydrogens (primary N) is 1. The predicted octanol–water partition coefficient (Wildman–Crippen LogP) is 3.06. The first kappa shape index (κ1) is 14.8. The Morgan fingerprint density at radius 3 is 2.71 bits per heavy atom. The zero-order valence-electron chi connectivity index (χ0n) is 10.3. The van der Waals surface area contributed by atoms with Crippen molar-refractivity contribution in [3.8, 4) is 0 Å². The Kier molecular flexibility index (Phi) is 5.80. The lowest BCUT2D eigenvalue weighted by Crippen LogP contribution is -2.36. The van der Waals surface area contributed by atoms with E-state index in [0.717, 1.165) is 16.3 Å². The lowest BCUT2D eigenvalue weighted by Gasteiger charge is -2.24. The SMILES string of the molecule is CC(CC(C)(O)CN)SCc1ccccc1Cl. The van der Waals surface area contributed by atoms with Crippen molar-refractivity contribution in [2.75, 3.05) is 6.54 Å². The largest absolute Gasteiger partial charge is 0.389 e. The molecule has 0 spiro atoms. The van der Waals surface area contributed by atoms with Crippen LogP contribution < -0.4 is 5.73 Å². The molecule has 3 N–H and O–H groups in total. The van der Waals surface area contributed by atoms with Gasteiger partial charge in [-0.15, -0.1) is 0 Å². The summed E-state index contributed by atoms with van der Waals surface area (Å²) in [5.74, 6) is 0.863. The number of rotatable bonds is 6. The first-order valence-electron chi connectivity index (χ1n) is 5.72. The van der Waals surface area contributed by atoms with Crippen molar-refractivity contribution in [2.45, 2.75) is 36.9 Å². The summed E-state index contributed by atoms with van der Waals surface area (Å²) in [6, 6.07) is 7.85. The minimum absolute atomic E-state index is 0.296. The molecule has 0 radical (unpaired) electrons. The van der Waals surface area contributed by atoms with E-state index < -0.39 is 5.60 Å². The van der Waals surface area contributed by atoms with E-state index in [0.29, 0.717) is 18.2 Å². The first-order valence-corrected chi connectivity index (χ1v) is 7.15. The van der Waals surface area contributed by atoms with Crippen LogP contribution in [-0.2, 0) is 5.75 Å². The van der Waals surface area contributed by atoms with E-state index in [1.54, 1.807) is 18.7 Å². The van der Waals surface area contributed by atoms with Crippen LogP contribution in [-0.4, -0.2) is 22.5 Å². The molecule has 0 fully saturated rings. The normalized spacial score (nSPS) is 16.5. The summed E-state index contributed by atoms with van der Waals surface area (Å²) in [5.41, 5.74) is 5.87. The molecule has 1 aromatic rings. The van der Waals surface area contributed by atoms with Crippen molar-refractivity contribution < 1.29 is 5.11 Å². The zero-order chi connectivity index (χ0) is 12.9. The average molecular weight is 274 g/mol. The van der Waals surface area contributed by atoms with E-state index in [2.05, 4.69) is 6.92 Å². The second-order valence-electron chi connectivity index (χ2n) is 4.62. The van der Waals surface area contributed by atoms with Gasteiger partial charge in [-0.2, -0.15) is 11.8 Å². The minimum atomic E-state index is -0.771. The number of benzene rings is 1. The van der Waals surface area contributed by atoms with E-state index in [1.165, 1.54) is 0 Å². The molecule has 4 heteroatoms. The Morgan fingerprint density at radius 1 is 1.47 bits per heavy atom. The van der Waals surface area contributed by atoms with E-state index in [9.17, 15) is 5.11 Å². The number of thioether (sulfide) groups is 1. The van der Waals surface area contributed by atoms with Gasteiger partial charge in [-0.3, -0.25) is 0 Å². The Labute approximate surface area is 113 Å². The molecule has 17 heavy (non-hydrogen) atoms. The molecule has 0 amide bonds. The Hall–Kier alpha value is -0.220. The van der Waals surface area contributed by atoms with Crippen molar-refractivity contribution in [1.29, 1.82) is 0 Å². The van der Waals surface area contributed by atoms with Crippen LogP contribution in [0, 0.1) is 0 Å². The van der Waals surface area contributed by atoms with Gasteiger partial charge in [-0.25, -0.2) is 0 Å². The molecule has 0 aliphatic heterocycles. The van der Waals surface area contributed by atoms with Crippen molar-refractivity contribution >= 4 is 23.4 Å². The predicted molar refractivity (Wildman–Crippen MR) is 76.5 cm³/mol. The molecule has 96 valence electrons. The van der Waals surface area contributed by atoms with Crippen molar-refractivity contribution in [1.82, 2.24) is 0 Å². The van der Waals surface area contributed by atoms with Crippen LogP contribution >= 0.6 is 23.4 Å². The van der Waals surface area contributed by atoms with Crippen molar-refractivity contribution in [2.24, 2.45) is 5.73 Å². The topological polar surface area (TPSA) is 46.2 Å². The molecule has 0 saturated heterocycles. The van der Waals surface area contributed by atoms with Gasteiger partial charge in [0.1, 0.15) is 0 Å². The Morgan fingerprint density at radius 2 is 2.12 bits per heavy atom. The Balaban J connectivity index is 2.44. The maximum atomic E-state index is 9.88. The van der Waals surface area contributed by atoms with Gasteiger partial charge in [0.25, 0.3) is 0 Å². The van der Waals surface area contributed by atoms with Gasteiger partial charge in [0.15, 0.2) is 0 Å². The molecular weight excluding hydrogens is 254 g/mol. The van der Waals surface area contributed by atoms with Crippen molar-refractivity contribution in [3.05, 3.63) is 34.9 Å². The van der Waals surface area contributed by atoms with Crippen LogP contribution in [0.2, 0.25) is 5.02 Å². The average Bonchev–Trinajstić information content (AvgIpc) is 2.27. The second kappa shape index (κ2) is 6.64. The summed E-state index contributed by atoms with van der Waals surface area (Å²) in [6.45, 7) is 4.18. The van der Waals surface area contributed by atoms with E-state index >= 15 is 0 Å². The summed E-state index contributed by atoms with van der Waals surface area (Å²) in [4.78, 5) is 0. The second-order valence-corrected chi connectivity index (χ2v) is 6.45. The molecule has 0 heterocycles. The van der Waals surface area contributed by atoms with E-state index in [4.69, 9.17) is 17.3 Å². The maximum absolute atomic E-state index is 9.88. The molecule has 0 aliphatic rings. The standard InChI is InChI=1S/C13H20ClNOS/c1-10(7-13(2,16)9-15)17-8-11-5-3-4-6-12(11)14/h3-6,10,16H,7-9,15H2,1-2H3. The summed E-state index contributed by atoms with van der Waals surface area (Å²) >= 11 is 7.87. The molecule has 2 atom stereocenters. The molecular formula is C13H20ClNOS. The quantitative estimate of drug-likeness (QED) is 0.837. The van der Waals surface area contributed by atoms with Gasteiger partial charge in [0.05, 0.1) is 5.60 Å². The molecule has 0 saturated carbocycles. The van der Waals surface area contributed by atoms with Gasteiger partial charge in [-0.05, 0) is 25.0 Å². The third-order valence-corrected chi connectivity index (χ3v) is 4.23. The zero-order valence-corrected chi connectivity index (χ0v) is 11.9. The molecule has 2 unspecified atom stereocenters. The van der Waals surface area contributed by atoms with Crippen LogP contribution in [0.25, 0.3) is 0 Å². The summed E-state index contributed by atoms with van der Waals surface area (Å²) in [5, 5.41) is 11.0. The van der Waals surface area contributed by atoms with E-state index in [1.807, 2.05) is 24.3 Å². The fourth-order valence-corrected chi connectivity index (χ4v) is 3.08. The van der Waals surface area contributed by atoms with Crippen LogP contribution in [0.15, 0.2) is 24.3 Å². The molecule has 0 aromatic heterocycles. The monoisotopic (exact) mass is 273 g/mol. The third kappa shape index (κ3) is 5.30. The van der Waals surface area contributed by atoms with Crippen molar-refractivity contribution in [3.63, 3.8) is 0 Å². The molecule has 2 nitrogen and oxygen atoms in total. The molecule has 0 aliphatic carbocycles. The Bertz CT molecular complexity index is 357. The van der Waals surface area contributed by atoms with E-state index in [-0.39, 0.29) is 0 Å².